The van der Waals surface area contributed by atoms with Gasteiger partial charge in [0, 0.05) is 54.1 Å². The molecule has 0 saturated carbocycles. The number of hydrogen-bond acceptors (Lipinski definition) is 6. The standard InChI is InChI=1S/C29H24F2N7OP/c30-24-4-3-17(10-25(24)31)13-38-29(39)21-2-1-8-34-27(21)36-15-20-11-18(6-9-33-20)23-16-37-28-22(23)12-19(14-35-28)26(40)5-7-32/h1-12,14,16,32H,13,15,40H2,(H,34,36)(H,35,37)(H,38,39)/b26-5-,32-7?. The number of nitrogens with zero attached hydrogens (tertiary/aromatic N) is 3. The zero-order valence-electron chi connectivity index (χ0n) is 21.1. The van der Waals surface area contributed by atoms with Crippen LogP contribution in [0.25, 0.3) is 27.5 Å². The van der Waals surface area contributed by atoms with Gasteiger partial charge < -0.3 is 21.0 Å². The molecule has 5 rings (SSSR count). The van der Waals surface area contributed by atoms with Crippen LogP contribution in [0.2, 0.25) is 0 Å². The second-order valence-corrected chi connectivity index (χ2v) is 9.45. The predicted molar refractivity (Wildman–Crippen MR) is 155 cm³/mol. The Kier molecular flexibility index (Phi) is 7.98. The SMILES string of the molecule is N=C/C=C(\P)c1cnc2[nH]cc(-c3ccnc(CNc4ncccc4C(=O)NCc4ccc(F)c(F)c4)c3)c2c1. The third-order valence-corrected chi connectivity index (χ3v) is 6.71. The number of carbonyl (C=O) groups excluding carboxylic acids is 1. The molecule has 8 nitrogen and oxygen atoms in total. The van der Waals surface area contributed by atoms with E-state index in [1.165, 1.54) is 12.3 Å². The molecule has 1 unspecified atom stereocenters. The van der Waals surface area contributed by atoms with Gasteiger partial charge in [0.05, 0.1) is 17.8 Å². The normalized spacial score (nSPS) is 11.4. The van der Waals surface area contributed by atoms with Crippen molar-refractivity contribution in [3.8, 4) is 11.1 Å². The summed E-state index contributed by atoms with van der Waals surface area (Å²) in [6, 6.07) is 12.6. The molecular weight excluding hydrogens is 531 g/mol. The number of aromatic nitrogens is 4. The van der Waals surface area contributed by atoms with E-state index in [1.54, 1.807) is 36.8 Å². The van der Waals surface area contributed by atoms with Crippen LogP contribution in [0.5, 0.6) is 0 Å². The number of pyridine rings is 3. The van der Waals surface area contributed by atoms with E-state index in [1.807, 2.05) is 24.4 Å². The van der Waals surface area contributed by atoms with Gasteiger partial charge in [-0.05, 0) is 65.0 Å². The Morgan fingerprint density at radius 3 is 2.73 bits per heavy atom. The number of halogens is 2. The summed E-state index contributed by atoms with van der Waals surface area (Å²) >= 11 is 0. The van der Waals surface area contributed by atoms with Crippen LogP contribution in [0.3, 0.4) is 0 Å². The molecule has 1 atom stereocenters. The molecule has 11 heteroatoms. The molecule has 0 spiro atoms. The number of allylic oxidation sites excluding steroid dienone is 1. The lowest BCUT2D eigenvalue weighted by Gasteiger charge is -2.12. The van der Waals surface area contributed by atoms with Crippen LogP contribution >= 0.6 is 9.24 Å². The summed E-state index contributed by atoms with van der Waals surface area (Å²) in [7, 11) is 2.62. The number of rotatable bonds is 9. The zero-order chi connectivity index (χ0) is 28.1. The molecule has 40 heavy (non-hydrogen) atoms. The van der Waals surface area contributed by atoms with Crippen LogP contribution in [0.1, 0.15) is 27.2 Å². The summed E-state index contributed by atoms with van der Waals surface area (Å²) in [5.74, 6) is -1.95. The summed E-state index contributed by atoms with van der Waals surface area (Å²) in [6.07, 6.45) is 9.85. The number of H-pyrrole nitrogens is 1. The molecule has 0 aliphatic rings. The maximum atomic E-state index is 13.5. The van der Waals surface area contributed by atoms with Crippen molar-refractivity contribution in [3.05, 3.63) is 113 Å². The van der Waals surface area contributed by atoms with E-state index in [-0.39, 0.29) is 6.54 Å². The molecule has 4 aromatic heterocycles. The Labute approximate surface area is 230 Å². The molecule has 0 aliphatic carbocycles. The van der Waals surface area contributed by atoms with Crippen molar-refractivity contribution >= 4 is 43.5 Å². The smallest absolute Gasteiger partial charge is 0.255 e. The summed E-state index contributed by atoms with van der Waals surface area (Å²) in [4.78, 5) is 29.3. The van der Waals surface area contributed by atoms with E-state index in [0.717, 1.165) is 50.9 Å². The first-order valence-electron chi connectivity index (χ1n) is 12.2. The van der Waals surface area contributed by atoms with Gasteiger partial charge in [-0.3, -0.25) is 9.78 Å². The lowest BCUT2D eigenvalue weighted by atomic mass is 10.0. The molecule has 0 fully saturated rings. The fraction of sp³-hybridized carbons (Fsp3) is 0.0690. The third kappa shape index (κ3) is 5.92. The molecule has 1 aromatic carbocycles. The van der Waals surface area contributed by atoms with Gasteiger partial charge in [0.2, 0.25) is 0 Å². The first-order chi connectivity index (χ1) is 19.4. The topological polar surface area (TPSA) is 119 Å². The molecule has 5 aromatic rings. The number of benzene rings is 1. The number of amides is 1. The Morgan fingerprint density at radius 1 is 1.02 bits per heavy atom. The highest BCUT2D eigenvalue weighted by atomic mass is 31.0. The molecule has 4 heterocycles. The number of fused-ring (bicyclic) bond motifs is 1. The van der Waals surface area contributed by atoms with Gasteiger partial charge in [0.25, 0.3) is 5.91 Å². The second kappa shape index (κ2) is 11.9. The van der Waals surface area contributed by atoms with E-state index < -0.39 is 17.5 Å². The van der Waals surface area contributed by atoms with Gasteiger partial charge in [-0.2, -0.15) is 0 Å². The van der Waals surface area contributed by atoms with Gasteiger partial charge in [-0.15, -0.1) is 9.24 Å². The number of aromatic amines is 1. The molecule has 0 aliphatic heterocycles. The minimum absolute atomic E-state index is 0.0323. The van der Waals surface area contributed by atoms with Crippen LogP contribution in [0.4, 0.5) is 14.6 Å². The average molecular weight is 556 g/mol. The highest BCUT2D eigenvalue weighted by molar-refractivity contribution is 7.31. The predicted octanol–water partition coefficient (Wildman–Crippen LogP) is 5.71. The summed E-state index contributed by atoms with van der Waals surface area (Å²) in [5, 5.41) is 15.0. The lowest BCUT2D eigenvalue weighted by Crippen LogP contribution is -2.24. The van der Waals surface area contributed by atoms with Gasteiger partial charge in [-0.25, -0.2) is 18.7 Å². The van der Waals surface area contributed by atoms with E-state index in [4.69, 9.17) is 5.41 Å². The molecule has 0 bridgehead atoms. The molecule has 0 radical (unpaired) electrons. The fourth-order valence-electron chi connectivity index (χ4n) is 4.16. The first-order valence-corrected chi connectivity index (χ1v) is 12.8. The van der Waals surface area contributed by atoms with Crippen LogP contribution in [-0.4, -0.2) is 32.1 Å². The van der Waals surface area contributed by atoms with E-state index in [0.29, 0.717) is 23.5 Å². The van der Waals surface area contributed by atoms with Crippen molar-refractivity contribution in [2.75, 3.05) is 5.32 Å². The van der Waals surface area contributed by atoms with Crippen molar-refractivity contribution in [1.29, 1.82) is 5.41 Å². The summed E-state index contributed by atoms with van der Waals surface area (Å²) in [6.45, 7) is 0.336. The zero-order valence-corrected chi connectivity index (χ0v) is 22.2. The number of carbonyl (C=O) groups is 1. The largest absolute Gasteiger partial charge is 0.364 e. The maximum Gasteiger partial charge on any atom is 0.255 e. The number of hydrogen-bond donors (Lipinski definition) is 4. The van der Waals surface area contributed by atoms with Crippen LogP contribution in [0, 0.1) is 17.0 Å². The second-order valence-electron chi connectivity index (χ2n) is 8.83. The molecule has 4 N–H and O–H groups in total. The lowest BCUT2D eigenvalue weighted by molar-refractivity contribution is 0.0951. The number of anilines is 1. The average Bonchev–Trinajstić information content (AvgIpc) is 3.40. The maximum absolute atomic E-state index is 13.5. The van der Waals surface area contributed by atoms with E-state index in [2.05, 4.69) is 39.8 Å². The summed E-state index contributed by atoms with van der Waals surface area (Å²) < 4.78 is 26.7. The van der Waals surface area contributed by atoms with Crippen molar-refractivity contribution < 1.29 is 13.6 Å². The van der Waals surface area contributed by atoms with E-state index in [9.17, 15) is 13.6 Å². The van der Waals surface area contributed by atoms with Crippen LogP contribution < -0.4 is 10.6 Å². The monoisotopic (exact) mass is 555 g/mol. The van der Waals surface area contributed by atoms with Gasteiger partial charge >= 0.3 is 0 Å². The molecular formula is C29H24F2N7OP. The number of nitrogens with one attached hydrogen (secondary N) is 4. The van der Waals surface area contributed by atoms with Crippen LogP contribution in [-0.2, 0) is 13.1 Å². The van der Waals surface area contributed by atoms with Crippen molar-refractivity contribution in [1.82, 2.24) is 25.3 Å². The summed E-state index contributed by atoms with van der Waals surface area (Å²) in [5.41, 5.74) is 5.00. The quantitative estimate of drug-likeness (QED) is 0.137. The van der Waals surface area contributed by atoms with Gasteiger partial charge in [-0.1, -0.05) is 6.07 Å². The Balaban J connectivity index is 1.32. The first kappa shape index (κ1) is 26.8. The Morgan fingerprint density at radius 2 is 1.90 bits per heavy atom. The minimum Gasteiger partial charge on any atom is -0.364 e. The molecule has 200 valence electrons. The highest BCUT2D eigenvalue weighted by Gasteiger charge is 2.14. The molecule has 1 amide bonds. The third-order valence-electron chi connectivity index (χ3n) is 6.18. The Hall–Kier alpha value is -4.82. The van der Waals surface area contributed by atoms with Gasteiger partial charge in [0.15, 0.2) is 11.6 Å². The Bertz CT molecular complexity index is 1750. The fourth-order valence-corrected chi connectivity index (χ4v) is 4.41. The van der Waals surface area contributed by atoms with Gasteiger partial charge in [0.1, 0.15) is 11.5 Å². The van der Waals surface area contributed by atoms with Crippen molar-refractivity contribution in [2.45, 2.75) is 13.1 Å². The van der Waals surface area contributed by atoms with Crippen LogP contribution in [0.15, 0.2) is 79.4 Å². The minimum atomic E-state index is -0.969. The van der Waals surface area contributed by atoms with E-state index >= 15 is 0 Å². The highest BCUT2D eigenvalue weighted by Crippen LogP contribution is 2.31. The van der Waals surface area contributed by atoms with Crippen molar-refractivity contribution in [2.24, 2.45) is 0 Å². The van der Waals surface area contributed by atoms with Crippen molar-refractivity contribution in [3.63, 3.8) is 0 Å². The molecule has 0 saturated heterocycles.